The molecule has 1 aliphatic rings. The molecule has 0 aromatic heterocycles. The minimum absolute atomic E-state index is 0.161. The third kappa shape index (κ3) is 4.19. The zero-order valence-corrected chi connectivity index (χ0v) is 16.2. The van der Waals surface area contributed by atoms with Crippen LogP contribution in [0.1, 0.15) is 43.6 Å². The largest absolute Gasteiger partial charge is 0.439 e. The van der Waals surface area contributed by atoms with Crippen molar-refractivity contribution in [1.82, 2.24) is 0 Å². The van der Waals surface area contributed by atoms with E-state index in [1.54, 1.807) is 0 Å². The first-order valence-electron chi connectivity index (χ1n) is 8.27. The van der Waals surface area contributed by atoms with Crippen LogP contribution in [0.5, 0.6) is 0 Å². The predicted octanol–water partition coefficient (Wildman–Crippen LogP) is 4.18. The van der Waals surface area contributed by atoms with Gasteiger partial charge in [0.15, 0.2) is 0 Å². The molecular formula is C15H17F6NO5S2. The van der Waals surface area contributed by atoms with Crippen molar-refractivity contribution >= 4 is 25.8 Å². The van der Waals surface area contributed by atoms with Crippen molar-refractivity contribution in [3.05, 3.63) is 29.8 Å². The summed E-state index contributed by atoms with van der Waals surface area (Å²) in [5.74, 6) is -6.81. The van der Waals surface area contributed by atoms with Gasteiger partial charge >= 0.3 is 36.6 Å². The number of hydrogen-bond acceptors (Lipinski definition) is 4. The van der Waals surface area contributed by atoms with Gasteiger partial charge in [-0.05, 0) is 36.5 Å². The smallest absolute Gasteiger partial charge is 0.281 e. The Balaban J connectivity index is 2.29. The lowest BCUT2D eigenvalue weighted by atomic mass is 9.84. The molecule has 2 N–H and O–H groups in total. The molecule has 29 heavy (non-hydrogen) atoms. The molecule has 0 atom stereocenters. The average Bonchev–Trinajstić information content (AvgIpc) is 2.61. The SMILES string of the molecule is O=S(=O)(O)C(F)(F)C(F)(F)C(F)(F)S(=O)(=O)Nc1ccc(C2CCCCC2)cc1. The van der Waals surface area contributed by atoms with E-state index in [4.69, 9.17) is 4.55 Å². The van der Waals surface area contributed by atoms with Gasteiger partial charge in [0.05, 0.1) is 0 Å². The molecule has 0 amide bonds. The van der Waals surface area contributed by atoms with Crippen molar-refractivity contribution in [3.8, 4) is 0 Å². The maximum Gasteiger partial charge on any atom is 0.439 e. The first-order chi connectivity index (χ1) is 13.0. The van der Waals surface area contributed by atoms with Crippen LogP contribution in [0, 0.1) is 0 Å². The molecule has 1 aromatic rings. The molecule has 0 unspecified atom stereocenters. The number of rotatable bonds is 7. The van der Waals surface area contributed by atoms with Crippen LogP contribution in [-0.4, -0.2) is 37.8 Å². The lowest BCUT2D eigenvalue weighted by Crippen LogP contribution is -2.61. The van der Waals surface area contributed by atoms with E-state index in [-0.39, 0.29) is 5.92 Å². The topological polar surface area (TPSA) is 101 Å². The standard InChI is InChI=1S/C15H17F6NO5S2/c16-13(17,15(20,21)29(25,26)27)14(18,19)28(23,24)22-12-8-6-11(7-9-12)10-4-2-1-3-5-10/h6-10,22H,1-5H2,(H,25,26,27). The molecule has 0 spiro atoms. The minimum atomic E-state index is -7.05. The van der Waals surface area contributed by atoms with E-state index in [1.165, 1.54) is 12.1 Å². The summed E-state index contributed by atoms with van der Waals surface area (Å²) in [6.07, 6.45) is 4.73. The van der Waals surface area contributed by atoms with Crippen LogP contribution in [-0.2, 0) is 20.1 Å². The second-order valence-electron chi connectivity index (χ2n) is 6.65. The van der Waals surface area contributed by atoms with Crippen LogP contribution in [0.3, 0.4) is 0 Å². The van der Waals surface area contributed by atoms with Gasteiger partial charge in [0.1, 0.15) is 0 Å². The molecule has 6 nitrogen and oxygen atoms in total. The van der Waals surface area contributed by atoms with Gasteiger partial charge < -0.3 is 0 Å². The molecular weight excluding hydrogens is 452 g/mol. The Morgan fingerprint density at radius 1 is 0.828 bits per heavy atom. The Hall–Kier alpha value is -1.54. The number of benzene rings is 1. The molecule has 0 saturated heterocycles. The molecule has 166 valence electrons. The van der Waals surface area contributed by atoms with Crippen LogP contribution >= 0.6 is 0 Å². The number of halogens is 6. The van der Waals surface area contributed by atoms with Gasteiger partial charge in [-0.2, -0.15) is 43.2 Å². The highest BCUT2D eigenvalue weighted by atomic mass is 32.2. The van der Waals surface area contributed by atoms with Gasteiger partial charge in [-0.15, -0.1) is 0 Å². The first-order valence-corrected chi connectivity index (χ1v) is 11.2. The molecule has 1 aliphatic carbocycles. The van der Waals surface area contributed by atoms with Crippen molar-refractivity contribution in [3.63, 3.8) is 0 Å². The number of sulfonamides is 1. The van der Waals surface area contributed by atoms with E-state index in [0.29, 0.717) is 0 Å². The summed E-state index contributed by atoms with van der Waals surface area (Å²) in [7, 11) is -13.6. The van der Waals surface area contributed by atoms with Crippen LogP contribution in [0.4, 0.5) is 32.0 Å². The van der Waals surface area contributed by atoms with Gasteiger partial charge in [0.2, 0.25) is 0 Å². The fourth-order valence-electron chi connectivity index (χ4n) is 2.98. The summed E-state index contributed by atoms with van der Waals surface area (Å²) in [4.78, 5) is 0. The summed E-state index contributed by atoms with van der Waals surface area (Å²) in [5.41, 5.74) is 0.151. The van der Waals surface area contributed by atoms with Crippen molar-refractivity contribution in [2.45, 2.75) is 54.5 Å². The molecule has 0 heterocycles. The quantitative estimate of drug-likeness (QED) is 0.461. The second kappa shape index (κ2) is 7.61. The van der Waals surface area contributed by atoms with E-state index in [9.17, 15) is 43.2 Å². The Morgan fingerprint density at radius 2 is 1.31 bits per heavy atom. The minimum Gasteiger partial charge on any atom is -0.281 e. The van der Waals surface area contributed by atoms with Crippen molar-refractivity contribution in [2.24, 2.45) is 0 Å². The Labute approximate surface area is 163 Å². The maximum atomic E-state index is 13.8. The van der Waals surface area contributed by atoms with Gasteiger partial charge in [-0.3, -0.25) is 9.27 Å². The molecule has 1 aromatic carbocycles. The van der Waals surface area contributed by atoms with E-state index in [2.05, 4.69) is 0 Å². The number of alkyl halides is 6. The fraction of sp³-hybridized carbons (Fsp3) is 0.600. The zero-order valence-electron chi connectivity index (χ0n) is 14.6. The highest BCUT2D eigenvalue weighted by molar-refractivity contribution is 7.94. The molecule has 0 bridgehead atoms. The van der Waals surface area contributed by atoms with Gasteiger partial charge in [-0.25, -0.2) is 0 Å². The molecule has 0 aliphatic heterocycles. The van der Waals surface area contributed by atoms with Gasteiger partial charge in [0, 0.05) is 5.69 Å². The Morgan fingerprint density at radius 3 is 1.76 bits per heavy atom. The highest BCUT2D eigenvalue weighted by Gasteiger charge is 2.82. The number of nitrogens with one attached hydrogen (secondary N) is 1. The van der Waals surface area contributed by atoms with Crippen molar-refractivity contribution in [1.29, 1.82) is 0 Å². The zero-order chi connectivity index (χ0) is 22.3. The molecule has 0 radical (unpaired) electrons. The fourth-order valence-corrected chi connectivity index (χ4v) is 4.54. The summed E-state index contributed by atoms with van der Waals surface area (Å²) in [6, 6.07) is 4.76. The highest BCUT2D eigenvalue weighted by Crippen LogP contribution is 2.50. The van der Waals surface area contributed by atoms with Crippen molar-refractivity contribution < 1.29 is 47.7 Å². The summed E-state index contributed by atoms with van der Waals surface area (Å²) < 4.78 is 134. The number of anilines is 1. The monoisotopic (exact) mass is 469 g/mol. The molecule has 2 rings (SSSR count). The van der Waals surface area contributed by atoms with Crippen LogP contribution in [0.25, 0.3) is 0 Å². The van der Waals surface area contributed by atoms with E-state index < -0.39 is 42.3 Å². The normalized spacial score (nSPS) is 17.9. The van der Waals surface area contributed by atoms with Crippen LogP contribution in [0.15, 0.2) is 24.3 Å². The van der Waals surface area contributed by atoms with Gasteiger partial charge in [-0.1, -0.05) is 31.4 Å². The molecule has 14 heteroatoms. The van der Waals surface area contributed by atoms with E-state index in [1.807, 2.05) is 0 Å². The number of hydrogen-bond donors (Lipinski definition) is 2. The van der Waals surface area contributed by atoms with Gasteiger partial charge in [0.25, 0.3) is 0 Å². The second-order valence-corrected chi connectivity index (χ2v) is 9.83. The third-order valence-corrected chi connectivity index (χ3v) is 6.97. The van der Waals surface area contributed by atoms with E-state index >= 15 is 0 Å². The lowest BCUT2D eigenvalue weighted by molar-refractivity contribution is -0.245. The van der Waals surface area contributed by atoms with E-state index in [0.717, 1.165) is 54.5 Å². The van der Waals surface area contributed by atoms with Crippen molar-refractivity contribution in [2.75, 3.05) is 4.72 Å². The Kier molecular flexibility index (Phi) is 6.23. The predicted molar refractivity (Wildman–Crippen MR) is 91.2 cm³/mol. The van der Waals surface area contributed by atoms with Crippen LogP contribution < -0.4 is 4.72 Å². The molecule has 1 fully saturated rings. The average molecular weight is 469 g/mol. The molecule has 1 saturated carbocycles. The Bertz CT molecular complexity index is 942. The van der Waals surface area contributed by atoms with Crippen LogP contribution in [0.2, 0.25) is 0 Å². The summed E-state index contributed by atoms with van der Waals surface area (Å²) >= 11 is 0. The maximum absolute atomic E-state index is 13.8. The summed E-state index contributed by atoms with van der Waals surface area (Å²) in [5, 5.41) is -13.3. The summed E-state index contributed by atoms with van der Waals surface area (Å²) in [6.45, 7) is 0. The third-order valence-electron chi connectivity index (χ3n) is 4.63. The first kappa shape index (κ1) is 23.7. The lowest BCUT2D eigenvalue weighted by Gasteiger charge is -2.30.